The van der Waals surface area contributed by atoms with Crippen molar-refractivity contribution in [1.29, 1.82) is 0 Å². The Kier molecular flexibility index (Phi) is 5.47. The van der Waals surface area contributed by atoms with Crippen LogP contribution in [0.5, 0.6) is 5.75 Å². The van der Waals surface area contributed by atoms with Crippen LogP contribution < -0.4 is 15.0 Å². The molecule has 1 fully saturated rings. The maximum Gasteiger partial charge on any atom is 0.229 e. The molecule has 136 valence electrons. The van der Waals surface area contributed by atoms with Gasteiger partial charge in [0.2, 0.25) is 11.8 Å². The first kappa shape index (κ1) is 18.3. The summed E-state index contributed by atoms with van der Waals surface area (Å²) in [5, 5.41) is 3.48. The lowest BCUT2D eigenvalue weighted by atomic mass is 10.1. The summed E-state index contributed by atoms with van der Waals surface area (Å²) < 4.78 is 5.59. The van der Waals surface area contributed by atoms with E-state index in [1.165, 1.54) is 0 Å². The number of anilines is 2. The van der Waals surface area contributed by atoms with Gasteiger partial charge in [-0.2, -0.15) is 0 Å². The van der Waals surface area contributed by atoms with E-state index in [1.54, 1.807) is 41.3 Å². The average Bonchev–Trinajstić information content (AvgIpc) is 2.99. The lowest BCUT2D eigenvalue weighted by molar-refractivity contribution is -0.122. The molecule has 0 radical (unpaired) electrons. The number of nitrogens with one attached hydrogen (secondary N) is 1. The number of halogens is 1. The van der Waals surface area contributed by atoms with Crippen molar-refractivity contribution in [2.24, 2.45) is 5.92 Å². The summed E-state index contributed by atoms with van der Waals surface area (Å²) in [6.07, 6.45) is 0.294. The summed E-state index contributed by atoms with van der Waals surface area (Å²) in [5.74, 6) is 0.147. The number of hydrogen-bond donors (Lipinski definition) is 1. The first-order valence-corrected chi connectivity index (χ1v) is 8.93. The maximum atomic E-state index is 12.5. The minimum atomic E-state index is -0.384. The Morgan fingerprint density at radius 1 is 1.15 bits per heavy atom. The molecule has 1 N–H and O–H groups in total. The summed E-state index contributed by atoms with van der Waals surface area (Å²) >= 11 is 5.89. The molecular formula is C20H21ClN2O3. The molecule has 5 nitrogen and oxygen atoms in total. The topological polar surface area (TPSA) is 58.6 Å². The molecule has 0 spiro atoms. The fourth-order valence-corrected chi connectivity index (χ4v) is 3.01. The monoisotopic (exact) mass is 372 g/mol. The van der Waals surface area contributed by atoms with Crippen LogP contribution in [-0.4, -0.2) is 24.5 Å². The van der Waals surface area contributed by atoms with Crippen LogP contribution in [0.15, 0.2) is 48.5 Å². The Morgan fingerprint density at radius 2 is 1.81 bits per heavy atom. The van der Waals surface area contributed by atoms with Crippen molar-refractivity contribution in [3.8, 4) is 5.75 Å². The Balaban J connectivity index is 1.62. The van der Waals surface area contributed by atoms with E-state index in [-0.39, 0.29) is 30.3 Å². The van der Waals surface area contributed by atoms with Crippen molar-refractivity contribution in [1.82, 2.24) is 0 Å². The van der Waals surface area contributed by atoms with Gasteiger partial charge in [0, 0.05) is 29.4 Å². The third kappa shape index (κ3) is 4.35. The molecule has 0 saturated carbocycles. The highest BCUT2D eigenvalue weighted by atomic mass is 35.5. The standard InChI is InChI=1S/C20H21ClN2O3/c1-13(2)26-18-9-5-16(6-10-18)22-20(25)14-11-19(24)23(12-14)17-7-3-15(21)4-8-17/h3-10,13-14H,11-12H2,1-2H3,(H,22,25). The lowest BCUT2D eigenvalue weighted by Gasteiger charge is -2.17. The van der Waals surface area contributed by atoms with Crippen LogP contribution in [0, 0.1) is 5.92 Å². The molecule has 2 aromatic rings. The van der Waals surface area contributed by atoms with Gasteiger partial charge in [0.25, 0.3) is 0 Å². The molecular weight excluding hydrogens is 352 g/mol. The second-order valence-electron chi connectivity index (χ2n) is 6.56. The van der Waals surface area contributed by atoms with Crippen LogP contribution in [0.2, 0.25) is 5.02 Å². The van der Waals surface area contributed by atoms with E-state index in [0.29, 0.717) is 17.3 Å². The molecule has 26 heavy (non-hydrogen) atoms. The van der Waals surface area contributed by atoms with Crippen molar-refractivity contribution in [3.05, 3.63) is 53.6 Å². The zero-order valence-electron chi connectivity index (χ0n) is 14.7. The minimum Gasteiger partial charge on any atom is -0.491 e. The molecule has 1 unspecified atom stereocenters. The van der Waals surface area contributed by atoms with Crippen LogP contribution in [0.4, 0.5) is 11.4 Å². The molecule has 1 aliphatic heterocycles. The zero-order chi connectivity index (χ0) is 18.7. The van der Waals surface area contributed by atoms with E-state index < -0.39 is 0 Å². The van der Waals surface area contributed by atoms with Gasteiger partial charge in [0.15, 0.2) is 0 Å². The molecule has 1 saturated heterocycles. The molecule has 2 amide bonds. The highest BCUT2D eigenvalue weighted by Crippen LogP contribution is 2.27. The quantitative estimate of drug-likeness (QED) is 0.858. The minimum absolute atomic E-state index is 0.0619. The van der Waals surface area contributed by atoms with E-state index >= 15 is 0 Å². The molecule has 0 bridgehead atoms. The average molecular weight is 373 g/mol. The zero-order valence-corrected chi connectivity index (χ0v) is 15.5. The summed E-state index contributed by atoms with van der Waals surface area (Å²) in [6, 6.07) is 14.3. The summed E-state index contributed by atoms with van der Waals surface area (Å²) in [5.41, 5.74) is 1.44. The molecule has 1 aliphatic rings. The van der Waals surface area contributed by atoms with Gasteiger partial charge in [0.05, 0.1) is 12.0 Å². The van der Waals surface area contributed by atoms with Crippen molar-refractivity contribution < 1.29 is 14.3 Å². The van der Waals surface area contributed by atoms with Crippen LogP contribution >= 0.6 is 11.6 Å². The maximum absolute atomic E-state index is 12.5. The van der Waals surface area contributed by atoms with Crippen molar-refractivity contribution >= 4 is 34.8 Å². The Morgan fingerprint density at radius 3 is 2.42 bits per heavy atom. The normalized spacial score (nSPS) is 16.8. The third-order valence-electron chi connectivity index (χ3n) is 4.13. The molecule has 1 heterocycles. The second kappa shape index (κ2) is 7.79. The van der Waals surface area contributed by atoms with Crippen LogP contribution in [0.3, 0.4) is 0 Å². The largest absolute Gasteiger partial charge is 0.491 e. The molecule has 2 aromatic carbocycles. The number of rotatable bonds is 5. The van der Waals surface area contributed by atoms with E-state index in [0.717, 1.165) is 11.4 Å². The van der Waals surface area contributed by atoms with E-state index in [1.807, 2.05) is 26.0 Å². The fourth-order valence-electron chi connectivity index (χ4n) is 2.89. The van der Waals surface area contributed by atoms with Gasteiger partial charge in [0.1, 0.15) is 5.75 Å². The molecule has 6 heteroatoms. The smallest absolute Gasteiger partial charge is 0.229 e. The fraction of sp³-hybridized carbons (Fsp3) is 0.300. The van der Waals surface area contributed by atoms with E-state index in [4.69, 9.17) is 16.3 Å². The van der Waals surface area contributed by atoms with E-state index in [2.05, 4.69) is 5.32 Å². The van der Waals surface area contributed by atoms with Gasteiger partial charge in [-0.15, -0.1) is 0 Å². The Labute approximate surface area is 157 Å². The van der Waals surface area contributed by atoms with Crippen LogP contribution in [0.1, 0.15) is 20.3 Å². The Bertz CT molecular complexity index is 788. The predicted octanol–water partition coefficient (Wildman–Crippen LogP) is 4.12. The van der Waals surface area contributed by atoms with Crippen LogP contribution in [-0.2, 0) is 9.59 Å². The van der Waals surface area contributed by atoms with Gasteiger partial charge < -0.3 is 15.0 Å². The first-order chi connectivity index (χ1) is 12.4. The number of carbonyl (C=O) groups is 2. The molecule has 1 atom stereocenters. The second-order valence-corrected chi connectivity index (χ2v) is 7.00. The van der Waals surface area contributed by atoms with E-state index in [9.17, 15) is 9.59 Å². The number of hydrogen-bond acceptors (Lipinski definition) is 3. The lowest BCUT2D eigenvalue weighted by Crippen LogP contribution is -2.28. The number of ether oxygens (including phenoxy) is 1. The molecule has 0 aliphatic carbocycles. The van der Waals surface area contributed by atoms with Gasteiger partial charge in [-0.05, 0) is 62.4 Å². The Hall–Kier alpha value is -2.53. The summed E-state index contributed by atoms with van der Waals surface area (Å²) in [4.78, 5) is 26.4. The SMILES string of the molecule is CC(C)Oc1ccc(NC(=O)C2CC(=O)N(c3ccc(Cl)cc3)C2)cc1. The van der Waals surface area contributed by atoms with Gasteiger partial charge in [-0.25, -0.2) is 0 Å². The number of nitrogens with zero attached hydrogens (tertiary/aromatic N) is 1. The van der Waals surface area contributed by atoms with Gasteiger partial charge in [-0.1, -0.05) is 11.6 Å². The van der Waals surface area contributed by atoms with Crippen molar-refractivity contribution in [2.75, 3.05) is 16.8 Å². The predicted molar refractivity (Wildman–Crippen MR) is 103 cm³/mol. The molecule has 0 aromatic heterocycles. The van der Waals surface area contributed by atoms with Crippen molar-refractivity contribution in [3.63, 3.8) is 0 Å². The summed E-state index contributed by atoms with van der Waals surface area (Å²) in [7, 11) is 0. The highest BCUT2D eigenvalue weighted by molar-refractivity contribution is 6.30. The number of amides is 2. The number of benzene rings is 2. The van der Waals surface area contributed by atoms with Crippen LogP contribution in [0.25, 0.3) is 0 Å². The summed E-state index contributed by atoms with van der Waals surface area (Å²) in [6.45, 7) is 4.28. The molecule has 3 rings (SSSR count). The highest BCUT2D eigenvalue weighted by Gasteiger charge is 2.35. The van der Waals surface area contributed by atoms with Crippen molar-refractivity contribution in [2.45, 2.75) is 26.4 Å². The van der Waals surface area contributed by atoms with Gasteiger partial charge in [-0.3, -0.25) is 9.59 Å². The third-order valence-corrected chi connectivity index (χ3v) is 4.38. The van der Waals surface area contributed by atoms with Gasteiger partial charge >= 0.3 is 0 Å². The number of carbonyl (C=O) groups excluding carboxylic acids is 2. The first-order valence-electron chi connectivity index (χ1n) is 8.56.